The van der Waals surface area contributed by atoms with Crippen molar-refractivity contribution >= 4 is 28.3 Å². The summed E-state index contributed by atoms with van der Waals surface area (Å²) in [5.74, 6) is -0.376. The molecule has 0 saturated heterocycles. The quantitative estimate of drug-likeness (QED) is 0.403. The Morgan fingerprint density at radius 1 is 1.10 bits per heavy atom. The molecular formula is C22H19N5O3. The molecule has 0 aliphatic heterocycles. The van der Waals surface area contributed by atoms with E-state index in [-0.39, 0.29) is 11.6 Å². The first-order valence-electron chi connectivity index (χ1n) is 9.31. The third-order valence-corrected chi connectivity index (χ3v) is 4.96. The van der Waals surface area contributed by atoms with Gasteiger partial charge in [-0.25, -0.2) is 4.98 Å². The number of carbonyl (C=O) groups excluding carboxylic acids is 1. The number of nitrogens with one attached hydrogen (secondary N) is 1. The van der Waals surface area contributed by atoms with Crippen LogP contribution in [0.15, 0.2) is 54.6 Å². The average molecular weight is 401 g/mol. The fourth-order valence-corrected chi connectivity index (χ4v) is 3.43. The van der Waals surface area contributed by atoms with Gasteiger partial charge < -0.3 is 5.32 Å². The van der Waals surface area contributed by atoms with Gasteiger partial charge in [-0.1, -0.05) is 36.4 Å². The van der Waals surface area contributed by atoms with Crippen molar-refractivity contribution in [2.24, 2.45) is 7.05 Å². The van der Waals surface area contributed by atoms with Gasteiger partial charge in [-0.05, 0) is 25.5 Å². The molecule has 4 aromatic rings. The normalized spacial score (nSPS) is 10.9. The lowest BCUT2D eigenvalue weighted by Gasteiger charge is -2.11. The van der Waals surface area contributed by atoms with Crippen molar-refractivity contribution in [1.82, 2.24) is 14.8 Å². The maximum absolute atomic E-state index is 13.3. The molecular weight excluding hydrogens is 382 g/mol. The van der Waals surface area contributed by atoms with Crippen LogP contribution < -0.4 is 5.32 Å². The van der Waals surface area contributed by atoms with Gasteiger partial charge in [0, 0.05) is 24.7 Å². The molecule has 8 nitrogen and oxygen atoms in total. The van der Waals surface area contributed by atoms with Crippen molar-refractivity contribution in [3.8, 4) is 11.3 Å². The molecule has 0 spiro atoms. The standard InChI is InChI=1S/C22H19N5O3/c1-13-9-10-16(27(29)30)11-18(13)24-22(28)17-12-19(15-7-5-4-6-8-15)23-21-20(17)14(2)25-26(21)3/h4-12H,1-3H3,(H,24,28). The molecule has 150 valence electrons. The first kappa shape index (κ1) is 19.3. The van der Waals surface area contributed by atoms with Gasteiger partial charge in [0.15, 0.2) is 5.65 Å². The summed E-state index contributed by atoms with van der Waals surface area (Å²) in [5, 5.41) is 19.0. The summed E-state index contributed by atoms with van der Waals surface area (Å²) < 4.78 is 1.65. The number of pyridine rings is 1. The minimum Gasteiger partial charge on any atom is -0.321 e. The van der Waals surface area contributed by atoms with Crippen molar-refractivity contribution in [1.29, 1.82) is 0 Å². The number of non-ortho nitro benzene ring substituents is 1. The van der Waals surface area contributed by atoms with Crippen molar-refractivity contribution in [3.63, 3.8) is 0 Å². The Bertz CT molecular complexity index is 1300. The Balaban J connectivity index is 1.84. The molecule has 0 unspecified atom stereocenters. The van der Waals surface area contributed by atoms with E-state index in [0.717, 1.165) is 11.1 Å². The van der Waals surface area contributed by atoms with Crippen molar-refractivity contribution in [2.75, 3.05) is 5.32 Å². The maximum atomic E-state index is 13.3. The maximum Gasteiger partial charge on any atom is 0.271 e. The number of carbonyl (C=O) groups is 1. The Morgan fingerprint density at radius 3 is 2.53 bits per heavy atom. The fraction of sp³-hybridized carbons (Fsp3) is 0.136. The van der Waals surface area contributed by atoms with Gasteiger partial charge in [-0.15, -0.1) is 0 Å². The van der Waals surface area contributed by atoms with Crippen LogP contribution in [0.1, 0.15) is 21.6 Å². The predicted molar refractivity (Wildman–Crippen MR) is 114 cm³/mol. The number of aryl methyl sites for hydroxylation is 3. The second-order valence-corrected chi connectivity index (χ2v) is 7.04. The summed E-state index contributed by atoms with van der Waals surface area (Å²) in [6, 6.07) is 15.7. The van der Waals surface area contributed by atoms with Gasteiger partial charge in [-0.2, -0.15) is 5.10 Å². The lowest BCUT2D eigenvalue weighted by Crippen LogP contribution is -2.14. The summed E-state index contributed by atoms with van der Waals surface area (Å²) in [7, 11) is 1.78. The van der Waals surface area contributed by atoms with Crippen molar-refractivity contribution in [3.05, 3.63) is 81.5 Å². The summed E-state index contributed by atoms with van der Waals surface area (Å²) in [6.07, 6.45) is 0. The highest BCUT2D eigenvalue weighted by molar-refractivity contribution is 6.13. The molecule has 2 aromatic heterocycles. The molecule has 2 aromatic carbocycles. The minimum absolute atomic E-state index is 0.0849. The molecule has 30 heavy (non-hydrogen) atoms. The summed E-state index contributed by atoms with van der Waals surface area (Å²) in [4.78, 5) is 28.6. The molecule has 0 saturated carbocycles. The number of fused-ring (bicyclic) bond motifs is 1. The van der Waals surface area contributed by atoms with E-state index < -0.39 is 4.92 Å². The molecule has 8 heteroatoms. The van der Waals surface area contributed by atoms with Crippen LogP contribution in [0.5, 0.6) is 0 Å². The minimum atomic E-state index is -0.488. The van der Waals surface area contributed by atoms with E-state index in [9.17, 15) is 14.9 Å². The van der Waals surface area contributed by atoms with Crippen LogP contribution in [0.3, 0.4) is 0 Å². The molecule has 0 fully saturated rings. The highest BCUT2D eigenvalue weighted by atomic mass is 16.6. The van der Waals surface area contributed by atoms with Gasteiger partial charge in [0.2, 0.25) is 0 Å². The predicted octanol–water partition coefficient (Wildman–Crippen LogP) is 4.41. The summed E-state index contributed by atoms with van der Waals surface area (Å²) in [5.41, 5.74) is 4.24. The van der Waals surface area contributed by atoms with Crippen LogP contribution in [0.4, 0.5) is 11.4 Å². The van der Waals surface area contributed by atoms with Gasteiger partial charge in [0.1, 0.15) is 0 Å². The average Bonchev–Trinajstić information content (AvgIpc) is 3.03. The number of benzene rings is 2. The lowest BCUT2D eigenvalue weighted by molar-refractivity contribution is -0.384. The fourth-order valence-electron chi connectivity index (χ4n) is 3.43. The summed E-state index contributed by atoms with van der Waals surface area (Å²) >= 11 is 0. The molecule has 4 rings (SSSR count). The number of hydrogen-bond donors (Lipinski definition) is 1. The molecule has 0 aliphatic rings. The number of nitro groups is 1. The number of amides is 1. The molecule has 1 N–H and O–H groups in total. The Morgan fingerprint density at radius 2 is 1.83 bits per heavy atom. The van der Waals surface area contributed by atoms with Crippen LogP contribution in [-0.4, -0.2) is 25.6 Å². The molecule has 0 aliphatic carbocycles. The number of anilines is 1. The van der Waals surface area contributed by atoms with Gasteiger partial charge >= 0.3 is 0 Å². The van der Waals surface area contributed by atoms with E-state index in [4.69, 9.17) is 4.98 Å². The van der Waals surface area contributed by atoms with E-state index in [1.807, 2.05) is 37.3 Å². The van der Waals surface area contributed by atoms with E-state index in [1.54, 1.807) is 30.8 Å². The van der Waals surface area contributed by atoms with Crippen LogP contribution in [-0.2, 0) is 7.05 Å². The largest absolute Gasteiger partial charge is 0.321 e. The van der Waals surface area contributed by atoms with Crippen LogP contribution in [0, 0.1) is 24.0 Å². The van der Waals surface area contributed by atoms with Crippen molar-refractivity contribution in [2.45, 2.75) is 13.8 Å². The van der Waals surface area contributed by atoms with Crippen LogP contribution in [0.2, 0.25) is 0 Å². The molecule has 0 atom stereocenters. The zero-order valence-corrected chi connectivity index (χ0v) is 16.7. The van der Waals surface area contributed by atoms with Gasteiger partial charge in [-0.3, -0.25) is 19.6 Å². The molecule has 0 radical (unpaired) electrons. The van der Waals surface area contributed by atoms with E-state index in [1.165, 1.54) is 12.1 Å². The van der Waals surface area contributed by atoms with Crippen molar-refractivity contribution < 1.29 is 9.72 Å². The highest BCUT2D eigenvalue weighted by Gasteiger charge is 2.20. The van der Waals surface area contributed by atoms with Crippen LogP contribution in [0.25, 0.3) is 22.3 Å². The number of hydrogen-bond acceptors (Lipinski definition) is 5. The smallest absolute Gasteiger partial charge is 0.271 e. The summed E-state index contributed by atoms with van der Waals surface area (Å²) in [6.45, 7) is 3.60. The number of aromatic nitrogens is 3. The Kier molecular flexibility index (Phi) is 4.75. The topological polar surface area (TPSA) is 103 Å². The zero-order valence-electron chi connectivity index (χ0n) is 16.7. The number of rotatable bonds is 4. The first-order valence-corrected chi connectivity index (χ1v) is 9.31. The Hall–Kier alpha value is -4.07. The number of nitrogens with zero attached hydrogens (tertiary/aromatic N) is 4. The van der Waals surface area contributed by atoms with Gasteiger partial charge in [0.25, 0.3) is 11.6 Å². The van der Waals surface area contributed by atoms with Gasteiger partial charge in [0.05, 0.1) is 32.9 Å². The Labute approximate surface area is 172 Å². The highest BCUT2D eigenvalue weighted by Crippen LogP contribution is 2.28. The molecule has 0 bridgehead atoms. The number of nitro benzene ring substituents is 1. The van der Waals surface area contributed by atoms with E-state index in [0.29, 0.717) is 33.7 Å². The van der Waals surface area contributed by atoms with E-state index >= 15 is 0 Å². The molecule has 1 amide bonds. The van der Waals surface area contributed by atoms with E-state index in [2.05, 4.69) is 10.4 Å². The first-order chi connectivity index (χ1) is 14.3. The second kappa shape index (κ2) is 7.40. The van der Waals surface area contributed by atoms with Crippen LogP contribution >= 0.6 is 0 Å². The third-order valence-electron chi connectivity index (χ3n) is 4.96. The second-order valence-electron chi connectivity index (χ2n) is 7.04. The third kappa shape index (κ3) is 3.39. The molecule has 2 heterocycles. The zero-order chi connectivity index (χ0) is 21.4. The monoisotopic (exact) mass is 401 g/mol. The lowest BCUT2D eigenvalue weighted by atomic mass is 10.0. The SMILES string of the molecule is Cc1ccc([N+](=O)[O-])cc1NC(=O)c1cc(-c2ccccc2)nc2c1c(C)nn2C.